The zero-order valence-corrected chi connectivity index (χ0v) is 14.9. The fourth-order valence-corrected chi connectivity index (χ4v) is 3.03. The normalized spacial score (nSPS) is 11.1. The van der Waals surface area contributed by atoms with E-state index < -0.39 is 0 Å². The average molecular weight is 364 g/mol. The number of aromatic nitrogens is 2. The SMILES string of the molecule is CN(CCCOc1cccc(Cl)c1)Cc1nc(-c2ccsc2)no1. The van der Waals surface area contributed by atoms with Crippen molar-refractivity contribution in [1.82, 2.24) is 15.0 Å². The van der Waals surface area contributed by atoms with E-state index >= 15 is 0 Å². The maximum absolute atomic E-state index is 5.93. The fraction of sp³-hybridized carbons (Fsp3) is 0.294. The number of hydrogen-bond donors (Lipinski definition) is 0. The largest absolute Gasteiger partial charge is 0.493 e. The van der Waals surface area contributed by atoms with E-state index in [2.05, 4.69) is 15.0 Å². The van der Waals surface area contributed by atoms with Gasteiger partial charge in [-0.05, 0) is 43.1 Å². The lowest BCUT2D eigenvalue weighted by atomic mass is 10.3. The molecular formula is C17H18ClN3O2S. The molecule has 7 heteroatoms. The Labute approximate surface area is 149 Å². The van der Waals surface area contributed by atoms with Gasteiger partial charge in [0.2, 0.25) is 11.7 Å². The van der Waals surface area contributed by atoms with Gasteiger partial charge in [0.1, 0.15) is 5.75 Å². The van der Waals surface area contributed by atoms with Crippen molar-refractivity contribution in [1.29, 1.82) is 0 Å². The van der Waals surface area contributed by atoms with Crippen LogP contribution < -0.4 is 4.74 Å². The molecule has 0 unspecified atom stereocenters. The van der Waals surface area contributed by atoms with Crippen LogP contribution in [0.3, 0.4) is 0 Å². The lowest BCUT2D eigenvalue weighted by molar-refractivity contribution is 0.235. The topological polar surface area (TPSA) is 51.4 Å². The van der Waals surface area contributed by atoms with E-state index in [0.29, 0.717) is 29.9 Å². The zero-order valence-electron chi connectivity index (χ0n) is 13.3. The Morgan fingerprint density at radius 3 is 3.04 bits per heavy atom. The molecule has 0 aliphatic rings. The van der Waals surface area contributed by atoms with Crippen molar-refractivity contribution in [3.05, 3.63) is 52.0 Å². The highest BCUT2D eigenvalue weighted by atomic mass is 35.5. The van der Waals surface area contributed by atoms with Gasteiger partial charge in [0.05, 0.1) is 13.2 Å². The Bertz CT molecular complexity index is 761. The molecule has 5 nitrogen and oxygen atoms in total. The molecule has 3 aromatic rings. The van der Waals surface area contributed by atoms with Gasteiger partial charge in [-0.15, -0.1) is 0 Å². The van der Waals surface area contributed by atoms with Crippen molar-refractivity contribution in [2.24, 2.45) is 0 Å². The number of thiophene rings is 1. The molecule has 0 bridgehead atoms. The Hall–Kier alpha value is -1.89. The van der Waals surface area contributed by atoms with Crippen molar-refractivity contribution in [2.75, 3.05) is 20.2 Å². The van der Waals surface area contributed by atoms with E-state index in [0.717, 1.165) is 24.3 Å². The number of halogens is 1. The van der Waals surface area contributed by atoms with Crippen LogP contribution in [-0.2, 0) is 6.54 Å². The lowest BCUT2D eigenvalue weighted by Gasteiger charge is -2.14. The summed E-state index contributed by atoms with van der Waals surface area (Å²) in [4.78, 5) is 6.55. The molecule has 1 aromatic carbocycles. The second kappa shape index (κ2) is 8.28. The summed E-state index contributed by atoms with van der Waals surface area (Å²) in [6, 6.07) is 9.41. The van der Waals surface area contributed by atoms with Gasteiger partial charge in [0.15, 0.2) is 0 Å². The minimum absolute atomic E-state index is 0.619. The number of hydrogen-bond acceptors (Lipinski definition) is 6. The van der Waals surface area contributed by atoms with Crippen LogP contribution in [0.15, 0.2) is 45.6 Å². The van der Waals surface area contributed by atoms with E-state index in [1.165, 1.54) is 0 Å². The predicted octanol–water partition coefficient (Wildman–Crippen LogP) is 4.35. The van der Waals surface area contributed by atoms with Gasteiger partial charge in [0, 0.05) is 22.5 Å². The van der Waals surface area contributed by atoms with E-state index in [9.17, 15) is 0 Å². The van der Waals surface area contributed by atoms with E-state index in [1.807, 2.05) is 48.1 Å². The number of rotatable bonds is 8. The molecule has 0 aliphatic carbocycles. The van der Waals surface area contributed by atoms with Gasteiger partial charge in [-0.25, -0.2) is 0 Å². The van der Waals surface area contributed by atoms with Gasteiger partial charge >= 0.3 is 0 Å². The Kier molecular flexibility index (Phi) is 5.85. The van der Waals surface area contributed by atoms with Gasteiger partial charge < -0.3 is 9.26 Å². The van der Waals surface area contributed by atoms with Crippen molar-refractivity contribution in [2.45, 2.75) is 13.0 Å². The molecule has 2 aromatic heterocycles. The molecule has 0 radical (unpaired) electrons. The Morgan fingerprint density at radius 2 is 2.25 bits per heavy atom. The predicted molar refractivity (Wildman–Crippen MR) is 95.5 cm³/mol. The van der Waals surface area contributed by atoms with Crippen LogP contribution in [0.5, 0.6) is 5.75 Å². The fourth-order valence-electron chi connectivity index (χ4n) is 2.22. The van der Waals surface area contributed by atoms with Crippen LogP contribution >= 0.6 is 22.9 Å². The summed E-state index contributed by atoms with van der Waals surface area (Å²) in [7, 11) is 2.02. The summed E-state index contributed by atoms with van der Waals surface area (Å²) >= 11 is 7.54. The third-order valence-electron chi connectivity index (χ3n) is 3.40. The molecular weight excluding hydrogens is 346 g/mol. The van der Waals surface area contributed by atoms with E-state index in [-0.39, 0.29) is 0 Å². The van der Waals surface area contributed by atoms with Crippen molar-refractivity contribution in [3.8, 4) is 17.1 Å². The molecule has 126 valence electrons. The average Bonchev–Trinajstić information content (AvgIpc) is 3.23. The molecule has 0 atom stereocenters. The summed E-state index contributed by atoms with van der Waals surface area (Å²) in [6.45, 7) is 2.12. The minimum Gasteiger partial charge on any atom is -0.493 e. The molecule has 0 saturated carbocycles. The molecule has 3 rings (SSSR count). The summed E-state index contributed by atoms with van der Waals surface area (Å²) in [6.07, 6.45) is 0.897. The van der Waals surface area contributed by atoms with Crippen LogP contribution in [0.25, 0.3) is 11.4 Å². The first-order valence-corrected chi connectivity index (χ1v) is 8.95. The van der Waals surface area contributed by atoms with Gasteiger partial charge in [0.25, 0.3) is 0 Å². The summed E-state index contributed by atoms with van der Waals surface area (Å²) in [5, 5.41) is 8.70. The highest BCUT2D eigenvalue weighted by molar-refractivity contribution is 7.08. The summed E-state index contributed by atoms with van der Waals surface area (Å²) in [5.74, 6) is 2.06. The molecule has 0 spiro atoms. The van der Waals surface area contributed by atoms with E-state index in [1.54, 1.807) is 11.3 Å². The minimum atomic E-state index is 0.619. The number of nitrogens with zero attached hydrogens (tertiary/aromatic N) is 3. The van der Waals surface area contributed by atoms with Gasteiger partial charge in [-0.1, -0.05) is 22.8 Å². The second-order valence-electron chi connectivity index (χ2n) is 5.42. The molecule has 2 heterocycles. The monoisotopic (exact) mass is 363 g/mol. The smallest absolute Gasteiger partial charge is 0.241 e. The molecule has 24 heavy (non-hydrogen) atoms. The van der Waals surface area contributed by atoms with E-state index in [4.69, 9.17) is 20.9 Å². The first-order chi connectivity index (χ1) is 11.7. The summed E-state index contributed by atoms with van der Waals surface area (Å²) < 4.78 is 11.0. The van der Waals surface area contributed by atoms with Crippen LogP contribution in [0.1, 0.15) is 12.3 Å². The quantitative estimate of drug-likeness (QED) is 0.557. The highest BCUT2D eigenvalue weighted by Gasteiger charge is 2.10. The maximum atomic E-state index is 5.93. The first-order valence-electron chi connectivity index (χ1n) is 7.63. The van der Waals surface area contributed by atoms with Gasteiger partial charge in [-0.2, -0.15) is 16.3 Å². The Balaban J connectivity index is 1.40. The first kappa shape index (κ1) is 17.0. The van der Waals surface area contributed by atoms with Gasteiger partial charge in [-0.3, -0.25) is 4.90 Å². The third kappa shape index (κ3) is 4.80. The van der Waals surface area contributed by atoms with Crippen LogP contribution in [0.2, 0.25) is 5.02 Å². The summed E-state index contributed by atoms with van der Waals surface area (Å²) in [5.41, 5.74) is 0.993. The van der Waals surface area contributed by atoms with Crippen molar-refractivity contribution < 1.29 is 9.26 Å². The third-order valence-corrected chi connectivity index (χ3v) is 4.32. The molecule has 0 aliphatic heterocycles. The molecule has 0 saturated heterocycles. The number of benzene rings is 1. The standard InChI is InChI=1S/C17H18ClN3O2S/c1-21(7-3-8-22-15-5-2-4-14(18)10-15)11-16-19-17(20-23-16)13-6-9-24-12-13/h2,4-6,9-10,12H,3,7-8,11H2,1H3. The lowest BCUT2D eigenvalue weighted by Crippen LogP contribution is -2.21. The van der Waals surface area contributed by atoms with Crippen LogP contribution in [0.4, 0.5) is 0 Å². The second-order valence-corrected chi connectivity index (χ2v) is 6.64. The maximum Gasteiger partial charge on any atom is 0.241 e. The number of ether oxygens (including phenoxy) is 1. The van der Waals surface area contributed by atoms with Crippen LogP contribution in [0, 0.1) is 0 Å². The van der Waals surface area contributed by atoms with Crippen molar-refractivity contribution in [3.63, 3.8) is 0 Å². The zero-order chi connectivity index (χ0) is 16.8. The van der Waals surface area contributed by atoms with Crippen molar-refractivity contribution >= 4 is 22.9 Å². The molecule has 0 N–H and O–H groups in total. The highest BCUT2D eigenvalue weighted by Crippen LogP contribution is 2.19. The molecule has 0 fully saturated rings. The van der Waals surface area contributed by atoms with Crippen LogP contribution in [-0.4, -0.2) is 35.2 Å². The molecule has 0 amide bonds. The Morgan fingerprint density at radius 1 is 1.33 bits per heavy atom.